The lowest BCUT2D eigenvalue weighted by Gasteiger charge is -2.21. The number of aryl methyl sites for hydroxylation is 2. The van der Waals surface area contributed by atoms with Crippen LogP contribution in [0, 0.1) is 0 Å². The molecular formula is C50H35N3. The molecule has 0 aliphatic heterocycles. The van der Waals surface area contributed by atoms with Crippen molar-refractivity contribution in [2.24, 2.45) is 0 Å². The fourth-order valence-corrected chi connectivity index (χ4v) is 9.73. The standard InChI is InChI=1S/C50H35N3/c1-3-13-34(14-4-1)51-47-22-12-9-19-39(47)42-27-32-23-24-33-28-43-44-29-36(53-45-20-10-7-17-37(45)38-18-8-11-21-46(38)53)25-26-48(44)52(35-15-5-2-6-16-35)50(43)31-41(33)40(32)30-49(42)51/h1-22,27-31H,23-26H2. The van der Waals surface area contributed by atoms with Gasteiger partial charge in [-0.15, -0.1) is 0 Å². The quantitative estimate of drug-likeness (QED) is 0.177. The van der Waals surface area contributed by atoms with E-state index in [9.17, 15) is 0 Å². The van der Waals surface area contributed by atoms with Crippen molar-refractivity contribution in [3.8, 4) is 22.5 Å². The largest absolute Gasteiger partial charge is 0.313 e. The fourth-order valence-electron chi connectivity index (χ4n) is 9.73. The molecule has 250 valence electrons. The van der Waals surface area contributed by atoms with Gasteiger partial charge in [0.25, 0.3) is 0 Å². The third-order valence-electron chi connectivity index (χ3n) is 12.0. The van der Waals surface area contributed by atoms with Gasteiger partial charge in [-0.1, -0.05) is 91.0 Å². The van der Waals surface area contributed by atoms with Crippen molar-refractivity contribution in [2.75, 3.05) is 0 Å². The van der Waals surface area contributed by atoms with Crippen LogP contribution in [0.2, 0.25) is 0 Å². The van der Waals surface area contributed by atoms with E-state index < -0.39 is 0 Å². The monoisotopic (exact) mass is 677 g/mol. The summed E-state index contributed by atoms with van der Waals surface area (Å²) in [6.45, 7) is 0. The maximum Gasteiger partial charge on any atom is 0.0547 e. The number of nitrogens with zero attached hydrogens (tertiary/aromatic N) is 3. The lowest BCUT2D eigenvalue weighted by Crippen LogP contribution is -2.08. The van der Waals surface area contributed by atoms with Gasteiger partial charge in [0, 0.05) is 55.3 Å². The van der Waals surface area contributed by atoms with Crippen LogP contribution in [-0.4, -0.2) is 13.7 Å². The smallest absolute Gasteiger partial charge is 0.0547 e. The predicted octanol–water partition coefficient (Wildman–Crippen LogP) is 12.5. The molecule has 0 amide bonds. The number of aromatic nitrogens is 3. The lowest BCUT2D eigenvalue weighted by atomic mass is 9.83. The van der Waals surface area contributed by atoms with E-state index in [4.69, 9.17) is 0 Å². The molecule has 2 aliphatic rings. The van der Waals surface area contributed by atoms with Crippen LogP contribution in [0.1, 0.15) is 28.8 Å². The van der Waals surface area contributed by atoms with Gasteiger partial charge in [-0.05, 0) is 121 Å². The molecule has 0 N–H and O–H groups in total. The van der Waals surface area contributed by atoms with Crippen LogP contribution < -0.4 is 0 Å². The highest BCUT2D eigenvalue weighted by Gasteiger charge is 2.27. The molecule has 12 rings (SSSR count). The second-order valence-electron chi connectivity index (χ2n) is 14.8. The Balaban J connectivity index is 1.12. The highest BCUT2D eigenvalue weighted by Crippen LogP contribution is 2.45. The minimum Gasteiger partial charge on any atom is -0.313 e. The van der Waals surface area contributed by atoms with Crippen LogP contribution in [0.15, 0.2) is 158 Å². The highest BCUT2D eigenvalue weighted by atomic mass is 15.0. The first-order valence-electron chi connectivity index (χ1n) is 18.9. The topological polar surface area (TPSA) is 14.8 Å². The van der Waals surface area contributed by atoms with Crippen LogP contribution >= 0.6 is 0 Å². The van der Waals surface area contributed by atoms with Crippen molar-refractivity contribution in [1.82, 2.24) is 13.7 Å². The summed E-state index contributed by atoms with van der Waals surface area (Å²) in [6, 6.07) is 58.5. The lowest BCUT2D eigenvalue weighted by molar-refractivity contribution is 0.873. The van der Waals surface area contributed by atoms with Crippen molar-refractivity contribution in [1.29, 1.82) is 0 Å². The number of fused-ring (bicyclic) bond motifs is 12. The van der Waals surface area contributed by atoms with Crippen LogP contribution in [0.4, 0.5) is 0 Å². The molecule has 3 heteroatoms. The first-order chi connectivity index (χ1) is 26.3. The SMILES string of the molecule is C1=C(n2c3ccccc3c3ccccc32)CCc2c1c1cc3c(cc1n2-c1ccccc1)-c1cc2c(cc1CC3)c1ccccc1n2-c1ccccc1. The molecular weight excluding hydrogens is 643 g/mol. The molecule has 0 spiro atoms. The second kappa shape index (κ2) is 11.0. The Kier molecular flexibility index (Phi) is 6.01. The molecule has 0 fully saturated rings. The van der Waals surface area contributed by atoms with E-state index in [0.717, 1.165) is 25.7 Å². The van der Waals surface area contributed by atoms with Gasteiger partial charge in [0.1, 0.15) is 0 Å². The molecule has 3 heterocycles. The Hall–Kier alpha value is -6.58. The molecule has 53 heavy (non-hydrogen) atoms. The summed E-state index contributed by atoms with van der Waals surface area (Å²) in [5.74, 6) is 0. The molecule has 0 saturated heterocycles. The zero-order chi connectivity index (χ0) is 34.6. The van der Waals surface area contributed by atoms with Crippen molar-refractivity contribution < 1.29 is 0 Å². The third kappa shape index (κ3) is 4.11. The number of hydrogen-bond donors (Lipinski definition) is 0. The summed E-state index contributed by atoms with van der Waals surface area (Å²) in [5.41, 5.74) is 18.5. The van der Waals surface area contributed by atoms with Crippen LogP contribution in [0.3, 0.4) is 0 Å². The Morgan fingerprint density at radius 2 is 0.811 bits per heavy atom. The van der Waals surface area contributed by atoms with Crippen LogP contribution in [0.25, 0.3) is 88.8 Å². The van der Waals surface area contributed by atoms with Gasteiger partial charge in [0.05, 0.1) is 27.6 Å². The van der Waals surface area contributed by atoms with E-state index >= 15 is 0 Å². The zero-order valence-electron chi connectivity index (χ0n) is 29.3. The summed E-state index contributed by atoms with van der Waals surface area (Å²) in [4.78, 5) is 0. The van der Waals surface area contributed by atoms with Gasteiger partial charge in [-0.25, -0.2) is 0 Å². The average molecular weight is 678 g/mol. The van der Waals surface area contributed by atoms with E-state index in [-0.39, 0.29) is 0 Å². The first-order valence-corrected chi connectivity index (χ1v) is 18.9. The second-order valence-corrected chi connectivity index (χ2v) is 14.8. The summed E-state index contributed by atoms with van der Waals surface area (Å²) >= 11 is 0. The van der Waals surface area contributed by atoms with E-state index in [1.165, 1.54) is 105 Å². The third-order valence-corrected chi connectivity index (χ3v) is 12.0. The maximum atomic E-state index is 2.55. The van der Waals surface area contributed by atoms with Crippen molar-refractivity contribution >= 4 is 66.3 Å². The molecule has 0 saturated carbocycles. The Morgan fingerprint density at radius 3 is 1.42 bits per heavy atom. The van der Waals surface area contributed by atoms with E-state index in [2.05, 4.69) is 178 Å². The molecule has 3 nitrogen and oxygen atoms in total. The van der Waals surface area contributed by atoms with Crippen LogP contribution in [-0.2, 0) is 19.3 Å². The van der Waals surface area contributed by atoms with Gasteiger partial charge in [-0.3, -0.25) is 0 Å². The van der Waals surface area contributed by atoms with Gasteiger partial charge in [-0.2, -0.15) is 0 Å². The molecule has 0 atom stereocenters. The Morgan fingerprint density at radius 1 is 0.340 bits per heavy atom. The van der Waals surface area contributed by atoms with Crippen molar-refractivity contribution in [3.63, 3.8) is 0 Å². The minimum atomic E-state index is 0.976. The maximum absolute atomic E-state index is 2.55. The van der Waals surface area contributed by atoms with Gasteiger partial charge in [0.2, 0.25) is 0 Å². The number of allylic oxidation sites excluding steroid dienone is 1. The molecule has 0 unspecified atom stereocenters. The summed E-state index contributed by atoms with van der Waals surface area (Å²) in [7, 11) is 0. The first kappa shape index (κ1) is 29.0. The van der Waals surface area contributed by atoms with Crippen LogP contribution in [0.5, 0.6) is 0 Å². The highest BCUT2D eigenvalue weighted by molar-refractivity contribution is 6.13. The van der Waals surface area contributed by atoms with Crippen molar-refractivity contribution in [2.45, 2.75) is 25.7 Å². The zero-order valence-corrected chi connectivity index (χ0v) is 29.3. The average Bonchev–Trinajstić information content (AvgIpc) is 3.85. The summed E-state index contributed by atoms with van der Waals surface area (Å²) in [6.07, 6.45) is 6.53. The molecule has 7 aromatic carbocycles. The number of rotatable bonds is 3. The molecule has 0 bridgehead atoms. The van der Waals surface area contributed by atoms with E-state index in [0.29, 0.717) is 0 Å². The van der Waals surface area contributed by atoms with Gasteiger partial charge < -0.3 is 13.7 Å². The number of para-hydroxylation sites is 5. The molecule has 2 aliphatic carbocycles. The predicted molar refractivity (Wildman–Crippen MR) is 222 cm³/mol. The number of hydrogen-bond acceptors (Lipinski definition) is 0. The summed E-state index contributed by atoms with van der Waals surface area (Å²) < 4.78 is 7.52. The fraction of sp³-hybridized carbons (Fsp3) is 0.0800. The Bertz CT molecular complexity index is 3100. The molecule has 10 aromatic rings. The molecule has 0 radical (unpaired) electrons. The minimum absolute atomic E-state index is 0.976. The normalized spacial score (nSPS) is 13.8. The molecule has 3 aromatic heterocycles. The van der Waals surface area contributed by atoms with Crippen molar-refractivity contribution in [3.05, 3.63) is 180 Å². The summed E-state index contributed by atoms with van der Waals surface area (Å²) in [5, 5.41) is 6.62. The van der Waals surface area contributed by atoms with E-state index in [1.807, 2.05) is 0 Å². The number of benzene rings is 7. The Labute approximate surface area is 307 Å². The van der Waals surface area contributed by atoms with Gasteiger partial charge >= 0.3 is 0 Å². The van der Waals surface area contributed by atoms with Gasteiger partial charge in [0.15, 0.2) is 0 Å². The van der Waals surface area contributed by atoms with E-state index in [1.54, 1.807) is 0 Å².